The molecule has 1 N–H and O–H groups in total. The van der Waals surface area contributed by atoms with Crippen LogP contribution >= 0.6 is 0 Å². The Morgan fingerprint density at radius 1 is 0.438 bits per heavy atom. The van der Waals surface area contributed by atoms with Gasteiger partial charge < -0.3 is 24.6 Å². The lowest BCUT2D eigenvalue weighted by Crippen LogP contribution is -2.43. The fourth-order valence-corrected chi connectivity index (χ4v) is 8.94. The molecule has 0 amide bonds. The molecule has 1 aromatic carbocycles. The van der Waals surface area contributed by atoms with Crippen LogP contribution in [0.2, 0.25) is 0 Å². The van der Waals surface area contributed by atoms with E-state index in [1.807, 2.05) is 0 Å². The molecule has 0 saturated carbocycles. The molecule has 0 saturated heterocycles. The third-order valence-electron chi connectivity index (χ3n) is 13.0. The van der Waals surface area contributed by atoms with Crippen LogP contribution in [0.4, 0.5) is 11.4 Å². The third-order valence-corrected chi connectivity index (χ3v) is 13.0. The summed E-state index contributed by atoms with van der Waals surface area (Å²) in [5.74, 6) is -0.0852. The van der Waals surface area contributed by atoms with Crippen molar-refractivity contribution in [2.24, 2.45) is 0 Å². The molecule has 0 radical (unpaired) electrons. The van der Waals surface area contributed by atoms with Crippen molar-refractivity contribution >= 4 is 23.3 Å². The minimum Gasteiger partial charge on any atom is -0.462 e. The maximum Gasteiger partial charge on any atom is 0.306 e. The smallest absolute Gasteiger partial charge is 0.306 e. The number of esters is 2. The summed E-state index contributed by atoms with van der Waals surface area (Å²) in [5, 5.41) is 3.32. The van der Waals surface area contributed by atoms with Gasteiger partial charge in [-0.1, -0.05) is 169 Å². The van der Waals surface area contributed by atoms with E-state index in [1.165, 1.54) is 96.3 Å². The third kappa shape index (κ3) is 31.5. The van der Waals surface area contributed by atoms with Crippen LogP contribution in [0.5, 0.6) is 0 Å². The normalized spacial score (nSPS) is 12.1. The number of hydrogen-bond donors (Lipinski definition) is 1. The van der Waals surface area contributed by atoms with Gasteiger partial charge in [-0.05, 0) is 104 Å². The number of carbonyl (C=O) groups excluding carboxylic acids is 2. The topological polar surface area (TPSA) is 105 Å². The first-order valence-electron chi connectivity index (χ1n) is 27.5. The van der Waals surface area contributed by atoms with Gasteiger partial charge in [-0.2, -0.15) is 0 Å². The zero-order valence-corrected chi connectivity index (χ0v) is 43.0. The zero-order chi connectivity index (χ0) is 46.9. The van der Waals surface area contributed by atoms with E-state index in [9.17, 15) is 19.2 Å². The SMILES string of the molecule is CCCCCCCCC(CCC)OC(=O)CCCCCCCN(CCCCCCCC(=O)OC(CCCCCCCC)CCCCCCCC)c1c(NCCCCN(C)C)c(=O)c1=O. The Labute approximate surface area is 394 Å². The quantitative estimate of drug-likeness (QED) is 0.0389. The highest BCUT2D eigenvalue weighted by molar-refractivity contribution is 5.75. The van der Waals surface area contributed by atoms with Crippen molar-refractivity contribution in [1.29, 1.82) is 0 Å². The summed E-state index contributed by atoms with van der Waals surface area (Å²) < 4.78 is 12.0. The van der Waals surface area contributed by atoms with Crippen molar-refractivity contribution in [3.8, 4) is 0 Å². The number of nitrogens with zero attached hydrogens (tertiary/aromatic N) is 2. The Bertz CT molecular complexity index is 1290. The molecule has 64 heavy (non-hydrogen) atoms. The van der Waals surface area contributed by atoms with Crippen molar-refractivity contribution in [2.45, 2.75) is 277 Å². The number of carbonyl (C=O) groups is 2. The summed E-state index contributed by atoms with van der Waals surface area (Å²) in [5.41, 5.74) is 0.316. The lowest BCUT2D eigenvalue weighted by atomic mass is 10.0. The van der Waals surface area contributed by atoms with E-state index < -0.39 is 0 Å². The molecule has 0 aromatic heterocycles. The summed E-state index contributed by atoms with van der Waals surface area (Å²) in [6.07, 6.45) is 40.2. The molecule has 0 fully saturated rings. The number of nitrogens with one attached hydrogen (secondary N) is 1. The number of anilines is 2. The van der Waals surface area contributed by atoms with E-state index in [0.717, 1.165) is 148 Å². The van der Waals surface area contributed by atoms with Gasteiger partial charge in [0, 0.05) is 32.5 Å². The molecule has 0 aliphatic heterocycles. The van der Waals surface area contributed by atoms with E-state index in [0.29, 0.717) is 30.8 Å². The molecule has 1 atom stereocenters. The Balaban J connectivity index is 2.58. The fraction of sp³-hybridized carbons (Fsp3) is 0.891. The molecular formula is C55H103N3O6. The Kier molecular flexibility index (Phi) is 39.1. The van der Waals surface area contributed by atoms with Crippen LogP contribution in [-0.4, -0.2) is 69.3 Å². The summed E-state index contributed by atoms with van der Waals surface area (Å²) in [6.45, 7) is 12.1. The van der Waals surface area contributed by atoms with E-state index in [2.05, 4.69) is 56.9 Å². The van der Waals surface area contributed by atoms with Crippen molar-refractivity contribution in [2.75, 3.05) is 50.5 Å². The monoisotopic (exact) mass is 902 g/mol. The highest BCUT2D eigenvalue weighted by Gasteiger charge is 2.25. The molecular weight excluding hydrogens is 799 g/mol. The number of hydrogen-bond acceptors (Lipinski definition) is 9. The predicted molar refractivity (Wildman–Crippen MR) is 274 cm³/mol. The van der Waals surface area contributed by atoms with Crippen molar-refractivity contribution in [1.82, 2.24) is 4.90 Å². The van der Waals surface area contributed by atoms with Crippen LogP contribution in [0.1, 0.15) is 265 Å². The first-order chi connectivity index (χ1) is 31.2. The van der Waals surface area contributed by atoms with Gasteiger partial charge in [0.05, 0.1) is 0 Å². The second-order valence-corrected chi connectivity index (χ2v) is 19.5. The molecule has 0 bridgehead atoms. The van der Waals surface area contributed by atoms with Crippen LogP contribution < -0.4 is 21.1 Å². The van der Waals surface area contributed by atoms with Gasteiger partial charge in [-0.25, -0.2) is 0 Å². The van der Waals surface area contributed by atoms with E-state index in [4.69, 9.17) is 9.47 Å². The van der Waals surface area contributed by atoms with Gasteiger partial charge in [0.15, 0.2) is 0 Å². The Hall–Kier alpha value is -2.42. The number of ether oxygens (including phenoxy) is 2. The molecule has 0 heterocycles. The largest absolute Gasteiger partial charge is 0.462 e. The summed E-state index contributed by atoms with van der Waals surface area (Å²) in [7, 11) is 4.13. The predicted octanol–water partition coefficient (Wildman–Crippen LogP) is 14.4. The Morgan fingerprint density at radius 3 is 1.23 bits per heavy atom. The standard InChI is InChI=1S/C55H103N3O6/c1-7-11-14-17-22-29-39-48(38-10-4)63-50(59)42-32-25-20-27-35-46-58(53-52(54(61)55(53)62)56-44-34-37-45-57(5)6)47-36-28-21-26-33-43-51(60)64-49(40-30-23-18-15-12-8-2)41-31-24-19-16-13-9-3/h48-49,56H,7-47H2,1-6H3. The van der Waals surface area contributed by atoms with Gasteiger partial charge in [0.1, 0.15) is 23.6 Å². The van der Waals surface area contributed by atoms with Crippen molar-refractivity contribution in [3.63, 3.8) is 0 Å². The molecule has 0 spiro atoms. The molecule has 1 rings (SSSR count). The van der Waals surface area contributed by atoms with Crippen LogP contribution in [0.25, 0.3) is 0 Å². The van der Waals surface area contributed by atoms with Gasteiger partial charge in [0.2, 0.25) is 0 Å². The van der Waals surface area contributed by atoms with Gasteiger partial charge in [-0.3, -0.25) is 19.2 Å². The zero-order valence-electron chi connectivity index (χ0n) is 43.0. The first-order valence-corrected chi connectivity index (χ1v) is 27.5. The highest BCUT2D eigenvalue weighted by Crippen LogP contribution is 2.24. The van der Waals surface area contributed by atoms with Crippen LogP contribution in [0, 0.1) is 0 Å². The lowest BCUT2D eigenvalue weighted by molar-refractivity contribution is -0.151. The maximum absolute atomic E-state index is 13.0. The van der Waals surface area contributed by atoms with Crippen molar-refractivity contribution in [3.05, 3.63) is 20.4 Å². The van der Waals surface area contributed by atoms with E-state index >= 15 is 0 Å². The number of rotatable bonds is 48. The fourth-order valence-electron chi connectivity index (χ4n) is 8.94. The molecule has 0 aliphatic carbocycles. The molecule has 9 nitrogen and oxygen atoms in total. The van der Waals surface area contributed by atoms with Crippen molar-refractivity contribution < 1.29 is 19.1 Å². The minimum atomic E-state index is -0.388. The first kappa shape index (κ1) is 59.6. The number of unbranched alkanes of at least 4 members (excludes halogenated alkanes) is 24. The summed E-state index contributed by atoms with van der Waals surface area (Å²) in [6, 6.07) is 0. The molecule has 1 unspecified atom stereocenters. The second-order valence-electron chi connectivity index (χ2n) is 19.5. The average molecular weight is 902 g/mol. The second kappa shape index (κ2) is 42.0. The van der Waals surface area contributed by atoms with Crippen LogP contribution in [0.3, 0.4) is 0 Å². The van der Waals surface area contributed by atoms with Crippen LogP contribution in [0.15, 0.2) is 9.59 Å². The van der Waals surface area contributed by atoms with Gasteiger partial charge in [0.25, 0.3) is 10.9 Å². The maximum atomic E-state index is 13.0. The van der Waals surface area contributed by atoms with Gasteiger partial charge in [-0.15, -0.1) is 0 Å². The Morgan fingerprint density at radius 2 is 0.812 bits per heavy atom. The lowest BCUT2D eigenvalue weighted by Gasteiger charge is -2.28. The van der Waals surface area contributed by atoms with Crippen LogP contribution in [-0.2, 0) is 19.1 Å². The molecule has 1 aromatic rings. The molecule has 0 aliphatic rings. The molecule has 374 valence electrons. The summed E-state index contributed by atoms with van der Waals surface area (Å²) >= 11 is 0. The molecule has 9 heteroatoms. The minimum absolute atomic E-state index is 0.0330. The highest BCUT2D eigenvalue weighted by atomic mass is 16.5. The van der Waals surface area contributed by atoms with E-state index in [1.54, 1.807) is 0 Å². The summed E-state index contributed by atoms with van der Waals surface area (Å²) in [4.78, 5) is 55.7. The average Bonchev–Trinajstić information content (AvgIpc) is 3.27. The van der Waals surface area contributed by atoms with Gasteiger partial charge >= 0.3 is 11.9 Å². The van der Waals surface area contributed by atoms with E-state index in [-0.39, 0.29) is 35.0 Å².